The Hall–Kier alpha value is -3.45. The third kappa shape index (κ3) is 5.52. The maximum Gasteiger partial charge on any atom is 0.328 e. The molecule has 3 rings (SSSR count). The van der Waals surface area contributed by atoms with Gasteiger partial charge in [0.1, 0.15) is 5.84 Å². The van der Waals surface area contributed by atoms with Crippen molar-refractivity contribution in [2.24, 2.45) is 4.99 Å². The van der Waals surface area contributed by atoms with E-state index in [1.807, 2.05) is 30.3 Å². The Kier molecular flexibility index (Phi) is 6.41. The standard InChI is InChI=1S/C22H20N2O4S/c25-22(26)20(16-17-10-4-1-5-11-17)23-21(18-12-6-2-7-13-18)24-29(27,28)19-14-8-3-9-15-19/h1-15,20H,16H2,(H,23,24)(H,25,26)/t20-/m1/s1. The number of carboxylic acid groups (broad SMARTS) is 1. The smallest absolute Gasteiger partial charge is 0.328 e. The predicted molar refractivity (Wildman–Crippen MR) is 111 cm³/mol. The van der Waals surface area contributed by atoms with Crippen LogP contribution in [0.4, 0.5) is 0 Å². The fourth-order valence-electron chi connectivity index (χ4n) is 2.72. The summed E-state index contributed by atoms with van der Waals surface area (Å²) in [6.07, 6.45) is 0.138. The van der Waals surface area contributed by atoms with E-state index >= 15 is 0 Å². The average Bonchev–Trinajstić information content (AvgIpc) is 2.74. The molecule has 0 spiro atoms. The highest BCUT2D eigenvalue weighted by atomic mass is 32.2. The van der Waals surface area contributed by atoms with Gasteiger partial charge >= 0.3 is 5.97 Å². The molecule has 3 aromatic rings. The molecule has 0 amide bonds. The van der Waals surface area contributed by atoms with E-state index in [4.69, 9.17) is 0 Å². The van der Waals surface area contributed by atoms with E-state index in [-0.39, 0.29) is 17.2 Å². The van der Waals surface area contributed by atoms with E-state index in [2.05, 4.69) is 9.71 Å². The monoisotopic (exact) mass is 408 g/mol. The molecular weight excluding hydrogens is 388 g/mol. The highest BCUT2D eigenvalue weighted by molar-refractivity contribution is 7.90. The van der Waals surface area contributed by atoms with Crippen molar-refractivity contribution < 1.29 is 18.3 Å². The van der Waals surface area contributed by atoms with E-state index in [1.54, 1.807) is 48.5 Å². The summed E-state index contributed by atoms with van der Waals surface area (Å²) in [6, 6.07) is 24.4. The zero-order valence-electron chi connectivity index (χ0n) is 15.5. The normalized spacial score (nSPS) is 12.9. The number of hydrogen-bond donors (Lipinski definition) is 2. The summed E-state index contributed by atoms with van der Waals surface area (Å²) in [6.45, 7) is 0. The molecule has 0 unspecified atom stereocenters. The Balaban J connectivity index is 1.99. The van der Waals surface area contributed by atoms with Crippen molar-refractivity contribution in [1.29, 1.82) is 0 Å². The third-order valence-corrected chi connectivity index (χ3v) is 5.53. The van der Waals surface area contributed by atoms with E-state index in [1.165, 1.54) is 12.1 Å². The Bertz CT molecular complexity index is 1080. The lowest BCUT2D eigenvalue weighted by molar-refractivity contribution is -0.138. The molecule has 0 aliphatic carbocycles. The van der Waals surface area contributed by atoms with E-state index in [9.17, 15) is 18.3 Å². The summed E-state index contributed by atoms with van der Waals surface area (Å²) in [5.41, 5.74) is 1.27. The number of nitrogens with zero attached hydrogens (tertiary/aromatic N) is 1. The van der Waals surface area contributed by atoms with Crippen LogP contribution in [0.5, 0.6) is 0 Å². The van der Waals surface area contributed by atoms with Gasteiger partial charge in [0.25, 0.3) is 10.0 Å². The molecule has 1 atom stereocenters. The zero-order chi connectivity index (χ0) is 20.7. The Morgan fingerprint density at radius 3 is 1.93 bits per heavy atom. The van der Waals surface area contributed by atoms with Crippen molar-refractivity contribution in [3.05, 3.63) is 102 Å². The van der Waals surface area contributed by atoms with Crippen molar-refractivity contribution in [3.63, 3.8) is 0 Å². The van der Waals surface area contributed by atoms with Crippen LogP contribution in [0.25, 0.3) is 0 Å². The molecule has 0 aromatic heterocycles. The van der Waals surface area contributed by atoms with Gasteiger partial charge in [-0.1, -0.05) is 78.9 Å². The molecule has 6 nitrogen and oxygen atoms in total. The maximum atomic E-state index is 12.8. The summed E-state index contributed by atoms with van der Waals surface area (Å²) in [4.78, 5) is 16.2. The first-order chi connectivity index (χ1) is 14.0. The van der Waals surface area contributed by atoms with E-state index < -0.39 is 22.0 Å². The molecule has 0 aliphatic heterocycles. The molecule has 0 fully saturated rings. The van der Waals surface area contributed by atoms with Gasteiger partial charge in [-0.25, -0.2) is 13.2 Å². The molecule has 7 heteroatoms. The lowest BCUT2D eigenvalue weighted by Gasteiger charge is -2.15. The van der Waals surface area contributed by atoms with Gasteiger partial charge in [-0.05, 0) is 17.7 Å². The van der Waals surface area contributed by atoms with Crippen LogP contribution in [-0.2, 0) is 21.2 Å². The van der Waals surface area contributed by atoms with Gasteiger partial charge < -0.3 is 5.11 Å². The number of nitrogens with one attached hydrogen (secondary N) is 1. The topological polar surface area (TPSA) is 95.8 Å². The molecule has 0 saturated heterocycles. The average molecular weight is 408 g/mol. The number of carboxylic acids is 1. The minimum absolute atomic E-state index is 0.0159. The summed E-state index contributed by atoms with van der Waals surface area (Å²) >= 11 is 0. The molecular formula is C22H20N2O4S. The molecule has 148 valence electrons. The summed E-state index contributed by atoms with van der Waals surface area (Å²) in [5, 5.41) is 9.66. The number of rotatable bonds is 7. The number of carbonyl (C=O) groups is 1. The van der Waals surface area contributed by atoms with Crippen molar-refractivity contribution >= 4 is 21.8 Å². The number of amidine groups is 1. The van der Waals surface area contributed by atoms with Gasteiger partial charge in [0.05, 0.1) is 4.90 Å². The van der Waals surface area contributed by atoms with Crippen LogP contribution in [0, 0.1) is 0 Å². The van der Waals surface area contributed by atoms with Gasteiger partial charge in [-0.2, -0.15) is 0 Å². The molecule has 0 bridgehead atoms. The summed E-state index contributed by atoms with van der Waals surface area (Å²) < 4.78 is 28.0. The van der Waals surface area contributed by atoms with E-state index in [0.717, 1.165) is 5.56 Å². The fraction of sp³-hybridized carbons (Fsp3) is 0.0909. The minimum atomic E-state index is -3.93. The van der Waals surface area contributed by atoms with Crippen molar-refractivity contribution in [2.75, 3.05) is 0 Å². The quantitative estimate of drug-likeness (QED) is 0.464. The maximum absolute atomic E-state index is 12.8. The fourth-order valence-corrected chi connectivity index (χ4v) is 3.78. The minimum Gasteiger partial charge on any atom is -0.480 e. The number of aliphatic carboxylic acids is 1. The molecule has 0 aliphatic rings. The first-order valence-electron chi connectivity index (χ1n) is 8.93. The van der Waals surface area contributed by atoms with Crippen molar-refractivity contribution in [2.45, 2.75) is 17.4 Å². The Morgan fingerprint density at radius 1 is 0.862 bits per heavy atom. The van der Waals surface area contributed by atoms with Gasteiger partial charge in [0.2, 0.25) is 0 Å². The highest BCUT2D eigenvalue weighted by Crippen LogP contribution is 2.12. The van der Waals surface area contributed by atoms with Crippen molar-refractivity contribution in [3.8, 4) is 0 Å². The molecule has 0 heterocycles. The van der Waals surface area contributed by atoms with Gasteiger partial charge in [-0.15, -0.1) is 0 Å². The second-order valence-corrected chi connectivity index (χ2v) is 7.99. The Labute approximate surface area is 169 Å². The SMILES string of the molecule is O=C(O)[C@@H](Cc1ccccc1)N=C(NS(=O)(=O)c1ccccc1)c1ccccc1. The lowest BCUT2D eigenvalue weighted by Crippen LogP contribution is -2.34. The van der Waals surface area contributed by atoms with Crippen LogP contribution >= 0.6 is 0 Å². The van der Waals surface area contributed by atoms with Gasteiger partial charge in [-0.3, -0.25) is 9.71 Å². The summed E-state index contributed by atoms with van der Waals surface area (Å²) in [5.74, 6) is -1.15. The molecule has 0 saturated carbocycles. The number of hydrogen-bond acceptors (Lipinski definition) is 4. The number of benzene rings is 3. The first kappa shape index (κ1) is 20.3. The predicted octanol–water partition coefficient (Wildman–Crippen LogP) is 3.11. The Morgan fingerprint density at radius 2 is 1.38 bits per heavy atom. The number of aliphatic imine (C=N–C) groups is 1. The van der Waals surface area contributed by atoms with Crippen LogP contribution < -0.4 is 4.72 Å². The van der Waals surface area contributed by atoms with Crippen LogP contribution in [0.3, 0.4) is 0 Å². The largest absolute Gasteiger partial charge is 0.480 e. The van der Waals surface area contributed by atoms with Gasteiger partial charge in [0.15, 0.2) is 6.04 Å². The molecule has 0 radical (unpaired) electrons. The van der Waals surface area contributed by atoms with Gasteiger partial charge in [0, 0.05) is 12.0 Å². The third-order valence-electron chi connectivity index (χ3n) is 4.17. The van der Waals surface area contributed by atoms with Crippen LogP contribution in [0.2, 0.25) is 0 Å². The zero-order valence-corrected chi connectivity index (χ0v) is 16.3. The second-order valence-electron chi connectivity index (χ2n) is 6.31. The highest BCUT2D eigenvalue weighted by Gasteiger charge is 2.22. The van der Waals surface area contributed by atoms with Crippen LogP contribution in [0.1, 0.15) is 11.1 Å². The van der Waals surface area contributed by atoms with Crippen LogP contribution in [0.15, 0.2) is 101 Å². The first-order valence-corrected chi connectivity index (χ1v) is 10.4. The lowest BCUT2D eigenvalue weighted by atomic mass is 10.1. The van der Waals surface area contributed by atoms with E-state index in [0.29, 0.717) is 5.56 Å². The number of sulfonamides is 1. The van der Waals surface area contributed by atoms with Crippen LogP contribution in [-0.4, -0.2) is 31.4 Å². The summed E-state index contributed by atoms with van der Waals surface area (Å²) in [7, 11) is -3.93. The molecule has 2 N–H and O–H groups in total. The molecule has 3 aromatic carbocycles. The second kappa shape index (κ2) is 9.16. The molecule has 29 heavy (non-hydrogen) atoms. The van der Waals surface area contributed by atoms with Crippen molar-refractivity contribution in [1.82, 2.24) is 4.72 Å².